The van der Waals surface area contributed by atoms with Crippen molar-refractivity contribution >= 4 is 23.2 Å². The smallest absolute Gasteiger partial charge is 0.255 e. The van der Waals surface area contributed by atoms with E-state index >= 15 is 0 Å². The first-order chi connectivity index (χ1) is 8.70. The van der Waals surface area contributed by atoms with Crippen LogP contribution < -0.4 is 10.1 Å². The van der Waals surface area contributed by atoms with Gasteiger partial charge in [-0.15, -0.1) is 0 Å². The molecule has 3 nitrogen and oxygen atoms in total. The third-order valence-corrected chi connectivity index (χ3v) is 2.77. The molecule has 2 aromatic rings. The molecule has 2 rings (SSSR count). The maximum absolute atomic E-state index is 11.9. The summed E-state index contributed by atoms with van der Waals surface area (Å²) in [4.78, 5) is 11.9. The zero-order valence-electron chi connectivity index (χ0n) is 9.81. The van der Waals surface area contributed by atoms with Gasteiger partial charge in [-0.25, -0.2) is 0 Å². The third-order valence-electron chi connectivity index (χ3n) is 2.46. The van der Waals surface area contributed by atoms with E-state index in [-0.39, 0.29) is 5.91 Å². The normalized spacial score (nSPS) is 9.89. The van der Waals surface area contributed by atoms with E-state index in [0.29, 0.717) is 22.0 Å². The van der Waals surface area contributed by atoms with Gasteiger partial charge in [0.15, 0.2) is 0 Å². The predicted molar refractivity (Wildman–Crippen MR) is 72.4 cm³/mol. The molecule has 0 aliphatic heterocycles. The van der Waals surface area contributed by atoms with Gasteiger partial charge in [-0.3, -0.25) is 4.79 Å². The van der Waals surface area contributed by atoms with Crippen molar-refractivity contribution < 1.29 is 9.53 Å². The predicted octanol–water partition coefficient (Wildman–Crippen LogP) is 3.60. The van der Waals surface area contributed by atoms with Crippen molar-refractivity contribution in [3.05, 3.63) is 59.1 Å². The molecule has 0 aliphatic carbocycles. The number of anilines is 1. The minimum Gasteiger partial charge on any atom is -0.497 e. The molecule has 0 radical (unpaired) electrons. The van der Waals surface area contributed by atoms with E-state index in [0.717, 1.165) is 0 Å². The maximum atomic E-state index is 11.9. The van der Waals surface area contributed by atoms with Crippen molar-refractivity contribution in [2.75, 3.05) is 12.4 Å². The summed E-state index contributed by atoms with van der Waals surface area (Å²) in [6, 6.07) is 14.1. The molecule has 92 valence electrons. The van der Waals surface area contributed by atoms with Crippen LogP contribution in [0, 0.1) is 0 Å². The fourth-order valence-corrected chi connectivity index (χ4v) is 1.73. The number of methoxy groups -OCH3 is 1. The molecule has 2 aromatic carbocycles. The average molecular weight is 262 g/mol. The van der Waals surface area contributed by atoms with Gasteiger partial charge >= 0.3 is 0 Å². The Morgan fingerprint density at radius 1 is 1.17 bits per heavy atom. The SMILES string of the molecule is COc1ccc(NC(=O)c2ccccc2)c(Cl)c1. The van der Waals surface area contributed by atoms with Gasteiger partial charge in [-0.1, -0.05) is 29.8 Å². The van der Waals surface area contributed by atoms with E-state index in [1.54, 1.807) is 37.4 Å². The second-order valence-corrected chi connectivity index (χ2v) is 4.07. The molecule has 0 unspecified atom stereocenters. The minimum absolute atomic E-state index is 0.192. The summed E-state index contributed by atoms with van der Waals surface area (Å²) < 4.78 is 5.04. The molecular formula is C14H12ClNO2. The van der Waals surface area contributed by atoms with Crippen LogP contribution >= 0.6 is 11.6 Å². The summed E-state index contributed by atoms with van der Waals surface area (Å²) in [5.74, 6) is 0.459. The van der Waals surface area contributed by atoms with Crippen molar-refractivity contribution in [1.29, 1.82) is 0 Å². The summed E-state index contributed by atoms with van der Waals surface area (Å²) in [6.45, 7) is 0. The monoisotopic (exact) mass is 261 g/mol. The number of amides is 1. The highest BCUT2D eigenvalue weighted by Gasteiger charge is 2.08. The molecule has 4 heteroatoms. The Bertz CT molecular complexity index is 555. The number of hydrogen-bond acceptors (Lipinski definition) is 2. The number of carbonyl (C=O) groups excluding carboxylic acids is 1. The minimum atomic E-state index is -0.192. The van der Waals surface area contributed by atoms with Gasteiger partial charge in [-0.2, -0.15) is 0 Å². The van der Waals surface area contributed by atoms with Crippen molar-refractivity contribution in [2.45, 2.75) is 0 Å². The Balaban J connectivity index is 2.17. The number of halogens is 1. The molecule has 0 heterocycles. The van der Waals surface area contributed by atoms with E-state index in [4.69, 9.17) is 16.3 Å². The zero-order valence-corrected chi connectivity index (χ0v) is 10.6. The second kappa shape index (κ2) is 5.56. The second-order valence-electron chi connectivity index (χ2n) is 3.67. The fourth-order valence-electron chi connectivity index (χ4n) is 1.51. The maximum Gasteiger partial charge on any atom is 0.255 e. The van der Waals surface area contributed by atoms with Gasteiger partial charge in [0.05, 0.1) is 17.8 Å². The summed E-state index contributed by atoms with van der Waals surface area (Å²) in [7, 11) is 1.56. The first-order valence-electron chi connectivity index (χ1n) is 5.40. The summed E-state index contributed by atoms with van der Waals surface area (Å²) in [6.07, 6.45) is 0. The van der Waals surface area contributed by atoms with Crippen LogP contribution in [0.3, 0.4) is 0 Å². The van der Waals surface area contributed by atoms with Crippen LogP contribution in [0.4, 0.5) is 5.69 Å². The first kappa shape index (κ1) is 12.5. The van der Waals surface area contributed by atoms with Crippen LogP contribution in [0.2, 0.25) is 5.02 Å². The van der Waals surface area contributed by atoms with Crippen molar-refractivity contribution in [1.82, 2.24) is 0 Å². The Kier molecular flexibility index (Phi) is 3.85. The third kappa shape index (κ3) is 2.81. The van der Waals surface area contributed by atoms with Crippen molar-refractivity contribution in [2.24, 2.45) is 0 Å². The molecule has 0 bridgehead atoms. The lowest BCUT2D eigenvalue weighted by molar-refractivity contribution is 0.102. The van der Waals surface area contributed by atoms with Crippen molar-refractivity contribution in [3.8, 4) is 5.75 Å². The molecule has 0 saturated carbocycles. The highest BCUT2D eigenvalue weighted by Crippen LogP contribution is 2.26. The van der Waals surface area contributed by atoms with Crippen LogP contribution in [0.15, 0.2) is 48.5 Å². The van der Waals surface area contributed by atoms with E-state index in [1.807, 2.05) is 18.2 Å². The molecule has 0 fully saturated rings. The summed E-state index contributed by atoms with van der Waals surface area (Å²) >= 11 is 6.04. The summed E-state index contributed by atoms with van der Waals surface area (Å²) in [5, 5.41) is 3.19. The van der Waals surface area contributed by atoms with Crippen LogP contribution in [0.1, 0.15) is 10.4 Å². The largest absolute Gasteiger partial charge is 0.497 e. The van der Waals surface area contributed by atoms with Gasteiger partial charge in [0.25, 0.3) is 5.91 Å². The van der Waals surface area contributed by atoms with Gasteiger partial charge < -0.3 is 10.1 Å². The summed E-state index contributed by atoms with van der Waals surface area (Å²) in [5.41, 5.74) is 1.15. The van der Waals surface area contributed by atoms with Crippen molar-refractivity contribution in [3.63, 3.8) is 0 Å². The molecule has 0 aromatic heterocycles. The molecule has 18 heavy (non-hydrogen) atoms. The van der Waals surface area contributed by atoms with Crippen LogP contribution in [-0.2, 0) is 0 Å². The number of rotatable bonds is 3. The first-order valence-corrected chi connectivity index (χ1v) is 5.78. The molecule has 0 spiro atoms. The zero-order chi connectivity index (χ0) is 13.0. The highest BCUT2D eigenvalue weighted by molar-refractivity contribution is 6.34. The fraction of sp³-hybridized carbons (Fsp3) is 0.0714. The van der Waals surface area contributed by atoms with Gasteiger partial charge in [0.2, 0.25) is 0 Å². The Morgan fingerprint density at radius 2 is 1.89 bits per heavy atom. The lowest BCUT2D eigenvalue weighted by Gasteiger charge is -2.08. The Morgan fingerprint density at radius 3 is 2.50 bits per heavy atom. The molecule has 1 amide bonds. The molecular weight excluding hydrogens is 250 g/mol. The standard InChI is InChI=1S/C14H12ClNO2/c1-18-11-7-8-13(12(15)9-11)16-14(17)10-5-3-2-4-6-10/h2-9H,1H3,(H,16,17). The van der Waals surface area contributed by atoms with Gasteiger partial charge in [-0.05, 0) is 24.3 Å². The lowest BCUT2D eigenvalue weighted by atomic mass is 10.2. The van der Waals surface area contributed by atoms with E-state index in [9.17, 15) is 4.79 Å². The van der Waals surface area contributed by atoms with Crippen LogP contribution in [-0.4, -0.2) is 13.0 Å². The molecule has 1 N–H and O–H groups in total. The lowest BCUT2D eigenvalue weighted by Crippen LogP contribution is -2.11. The van der Waals surface area contributed by atoms with E-state index in [1.165, 1.54) is 0 Å². The number of ether oxygens (including phenoxy) is 1. The molecule has 0 saturated heterocycles. The number of nitrogens with one attached hydrogen (secondary N) is 1. The van der Waals surface area contributed by atoms with Gasteiger partial charge in [0.1, 0.15) is 5.75 Å². The van der Waals surface area contributed by atoms with Crippen LogP contribution in [0.5, 0.6) is 5.75 Å². The Labute approximate surface area is 110 Å². The quantitative estimate of drug-likeness (QED) is 0.917. The molecule has 0 atom stereocenters. The van der Waals surface area contributed by atoms with Gasteiger partial charge in [0, 0.05) is 11.6 Å². The van der Waals surface area contributed by atoms with E-state index < -0.39 is 0 Å². The highest BCUT2D eigenvalue weighted by atomic mass is 35.5. The van der Waals surface area contributed by atoms with Crippen LogP contribution in [0.25, 0.3) is 0 Å². The molecule has 0 aliphatic rings. The number of benzene rings is 2. The topological polar surface area (TPSA) is 38.3 Å². The average Bonchev–Trinajstić information content (AvgIpc) is 2.42. The Hall–Kier alpha value is -2.00. The number of hydrogen-bond donors (Lipinski definition) is 1. The number of carbonyl (C=O) groups is 1. The van der Waals surface area contributed by atoms with E-state index in [2.05, 4.69) is 5.32 Å².